The quantitative estimate of drug-likeness (QED) is 0.661. The van der Waals surface area contributed by atoms with Crippen LogP contribution in [0.4, 0.5) is 11.4 Å². The smallest absolute Gasteiger partial charge is 0.0427 e. The Balaban J connectivity index is 3.11. The summed E-state index contributed by atoms with van der Waals surface area (Å²) in [5.74, 6) is 0. The van der Waals surface area contributed by atoms with E-state index in [1.54, 1.807) is 0 Å². The molecule has 0 atom stereocenters. The molecule has 0 heterocycles. The Morgan fingerprint density at radius 2 is 0.938 bits per heavy atom. The molecule has 2 aromatic rings. The van der Waals surface area contributed by atoms with Crippen LogP contribution in [-0.2, 0) is 0 Å². The van der Waals surface area contributed by atoms with Crippen LogP contribution in [-0.4, -0.2) is 0 Å². The van der Waals surface area contributed by atoms with Gasteiger partial charge in [0.25, 0.3) is 0 Å². The summed E-state index contributed by atoms with van der Waals surface area (Å²) in [6.45, 7) is 8.25. The predicted octanol–water partition coefficient (Wildman–Crippen LogP) is 3.24. The summed E-state index contributed by atoms with van der Waals surface area (Å²) >= 11 is 0. The van der Waals surface area contributed by atoms with E-state index in [4.69, 9.17) is 11.5 Å². The van der Waals surface area contributed by atoms with Crippen molar-refractivity contribution >= 4 is 22.1 Å². The van der Waals surface area contributed by atoms with Gasteiger partial charge < -0.3 is 11.5 Å². The van der Waals surface area contributed by atoms with Crippen LogP contribution in [0.2, 0.25) is 0 Å². The molecule has 0 saturated carbocycles. The lowest BCUT2D eigenvalue weighted by Gasteiger charge is -2.15. The first-order valence-electron chi connectivity index (χ1n) is 5.48. The molecule has 0 aliphatic heterocycles. The van der Waals surface area contributed by atoms with Gasteiger partial charge in [-0.15, -0.1) is 0 Å². The van der Waals surface area contributed by atoms with Crippen LogP contribution in [0, 0.1) is 27.7 Å². The normalized spacial score (nSPS) is 11.0. The van der Waals surface area contributed by atoms with E-state index in [0.717, 1.165) is 33.3 Å². The van der Waals surface area contributed by atoms with E-state index in [1.807, 2.05) is 13.8 Å². The van der Waals surface area contributed by atoms with E-state index in [-0.39, 0.29) is 0 Å². The monoisotopic (exact) mass is 214 g/mol. The van der Waals surface area contributed by atoms with Gasteiger partial charge in [0.1, 0.15) is 0 Å². The summed E-state index contributed by atoms with van der Waals surface area (Å²) in [4.78, 5) is 0. The second-order valence-corrected chi connectivity index (χ2v) is 4.60. The molecule has 0 bridgehead atoms. The van der Waals surface area contributed by atoms with Gasteiger partial charge >= 0.3 is 0 Å². The molecular formula is C14H18N2. The number of nitrogens with two attached hydrogens (primary N) is 2. The van der Waals surface area contributed by atoms with Gasteiger partial charge in [0.2, 0.25) is 0 Å². The summed E-state index contributed by atoms with van der Waals surface area (Å²) in [5.41, 5.74) is 18.6. The molecule has 0 aliphatic rings. The van der Waals surface area contributed by atoms with Gasteiger partial charge in [0, 0.05) is 22.1 Å². The summed E-state index contributed by atoms with van der Waals surface area (Å²) in [5, 5.41) is 2.22. The van der Waals surface area contributed by atoms with Crippen LogP contribution in [0.25, 0.3) is 10.8 Å². The maximum absolute atomic E-state index is 6.15. The highest BCUT2D eigenvalue weighted by atomic mass is 14.6. The van der Waals surface area contributed by atoms with Crippen molar-refractivity contribution in [1.82, 2.24) is 0 Å². The minimum absolute atomic E-state index is 0.852. The molecule has 0 spiro atoms. The van der Waals surface area contributed by atoms with E-state index in [1.165, 1.54) is 11.1 Å². The maximum Gasteiger partial charge on any atom is 0.0427 e. The molecule has 0 amide bonds. The number of benzene rings is 2. The van der Waals surface area contributed by atoms with Crippen LogP contribution < -0.4 is 11.5 Å². The zero-order valence-electron chi connectivity index (χ0n) is 10.3. The molecule has 84 valence electrons. The molecule has 2 aromatic carbocycles. The first kappa shape index (κ1) is 10.8. The number of rotatable bonds is 0. The molecule has 2 nitrogen and oxygen atoms in total. The van der Waals surface area contributed by atoms with Gasteiger partial charge in [-0.1, -0.05) is 12.1 Å². The van der Waals surface area contributed by atoms with E-state index < -0.39 is 0 Å². The molecule has 16 heavy (non-hydrogen) atoms. The van der Waals surface area contributed by atoms with Gasteiger partial charge in [-0.05, 0) is 49.9 Å². The van der Waals surface area contributed by atoms with Crippen molar-refractivity contribution in [3.8, 4) is 0 Å². The molecule has 4 N–H and O–H groups in total. The summed E-state index contributed by atoms with van der Waals surface area (Å²) in [7, 11) is 0. The number of fused-ring (bicyclic) bond motifs is 1. The number of nitrogen functional groups attached to an aromatic ring is 2. The Morgan fingerprint density at radius 3 is 1.25 bits per heavy atom. The van der Waals surface area contributed by atoms with Gasteiger partial charge in [0.15, 0.2) is 0 Å². The van der Waals surface area contributed by atoms with Crippen LogP contribution in [0.1, 0.15) is 22.3 Å². The van der Waals surface area contributed by atoms with Gasteiger partial charge in [-0.3, -0.25) is 0 Å². The standard InChI is InChI=1S/C14H18N2/c1-7-5-9(3)14(16)12-8(2)6-10(4)13(15)11(7)12/h5-6H,15-16H2,1-4H3. The van der Waals surface area contributed by atoms with E-state index in [9.17, 15) is 0 Å². The van der Waals surface area contributed by atoms with Gasteiger partial charge in [-0.25, -0.2) is 0 Å². The van der Waals surface area contributed by atoms with Crippen molar-refractivity contribution in [1.29, 1.82) is 0 Å². The summed E-state index contributed by atoms with van der Waals surface area (Å²) in [6, 6.07) is 4.21. The number of anilines is 2. The number of aryl methyl sites for hydroxylation is 4. The van der Waals surface area contributed by atoms with E-state index >= 15 is 0 Å². The van der Waals surface area contributed by atoms with Crippen molar-refractivity contribution in [2.24, 2.45) is 0 Å². The predicted molar refractivity (Wildman–Crippen MR) is 71.7 cm³/mol. The minimum atomic E-state index is 0.852. The average molecular weight is 214 g/mol. The third kappa shape index (κ3) is 1.33. The summed E-state index contributed by atoms with van der Waals surface area (Å²) in [6.07, 6.45) is 0. The van der Waals surface area contributed by atoms with E-state index in [0.29, 0.717) is 0 Å². The van der Waals surface area contributed by atoms with Crippen LogP contribution in [0.3, 0.4) is 0 Å². The van der Waals surface area contributed by atoms with Crippen molar-refractivity contribution in [3.05, 3.63) is 34.4 Å². The Bertz CT molecular complexity index is 530. The Labute approximate surface area is 96.3 Å². The second kappa shape index (κ2) is 3.41. The highest BCUT2D eigenvalue weighted by molar-refractivity contribution is 6.06. The van der Waals surface area contributed by atoms with Crippen LogP contribution >= 0.6 is 0 Å². The SMILES string of the molecule is Cc1cc(C)c2c(N)c(C)cc(C)c2c1N. The molecule has 0 unspecified atom stereocenters. The van der Waals surface area contributed by atoms with Crippen LogP contribution in [0.5, 0.6) is 0 Å². The van der Waals surface area contributed by atoms with Crippen LogP contribution in [0.15, 0.2) is 12.1 Å². The third-order valence-corrected chi connectivity index (χ3v) is 3.29. The largest absolute Gasteiger partial charge is 0.398 e. The molecular weight excluding hydrogens is 196 g/mol. The maximum atomic E-state index is 6.15. The molecule has 2 rings (SSSR count). The third-order valence-electron chi connectivity index (χ3n) is 3.29. The van der Waals surface area contributed by atoms with Crippen molar-refractivity contribution in [3.63, 3.8) is 0 Å². The lowest BCUT2D eigenvalue weighted by atomic mass is 9.93. The highest BCUT2D eigenvalue weighted by Gasteiger charge is 2.11. The Morgan fingerprint density at radius 1 is 0.625 bits per heavy atom. The topological polar surface area (TPSA) is 52.0 Å². The lowest BCUT2D eigenvalue weighted by Crippen LogP contribution is -2.00. The van der Waals surface area contributed by atoms with E-state index in [2.05, 4.69) is 26.0 Å². The lowest BCUT2D eigenvalue weighted by molar-refractivity contribution is 1.38. The zero-order valence-corrected chi connectivity index (χ0v) is 10.3. The average Bonchev–Trinajstić information content (AvgIpc) is 2.20. The fourth-order valence-corrected chi connectivity index (χ4v) is 2.43. The van der Waals surface area contributed by atoms with Crippen molar-refractivity contribution in [2.75, 3.05) is 11.5 Å². The molecule has 2 heteroatoms. The molecule has 0 fully saturated rings. The van der Waals surface area contributed by atoms with Crippen molar-refractivity contribution < 1.29 is 0 Å². The van der Waals surface area contributed by atoms with Gasteiger partial charge in [0.05, 0.1) is 0 Å². The highest BCUT2D eigenvalue weighted by Crippen LogP contribution is 2.35. The first-order valence-corrected chi connectivity index (χ1v) is 5.48. The number of hydrogen-bond acceptors (Lipinski definition) is 2. The fraction of sp³-hybridized carbons (Fsp3) is 0.286. The molecule has 0 aromatic heterocycles. The molecule has 0 saturated heterocycles. The number of hydrogen-bond donors (Lipinski definition) is 2. The minimum Gasteiger partial charge on any atom is -0.398 e. The Hall–Kier alpha value is -1.70. The summed E-state index contributed by atoms with van der Waals surface area (Å²) < 4.78 is 0. The first-order chi connectivity index (χ1) is 7.43. The Kier molecular flexibility index (Phi) is 2.30. The van der Waals surface area contributed by atoms with Crippen molar-refractivity contribution in [2.45, 2.75) is 27.7 Å². The molecule has 0 radical (unpaired) electrons. The fourth-order valence-electron chi connectivity index (χ4n) is 2.43. The van der Waals surface area contributed by atoms with Gasteiger partial charge in [-0.2, -0.15) is 0 Å². The second-order valence-electron chi connectivity index (χ2n) is 4.60. The zero-order chi connectivity index (χ0) is 12.0. The molecule has 0 aliphatic carbocycles.